The summed E-state index contributed by atoms with van der Waals surface area (Å²) in [6.45, 7) is 6.65. The van der Waals surface area contributed by atoms with E-state index >= 15 is 0 Å². The smallest absolute Gasteiger partial charge is 0.481 e. The Morgan fingerprint density at radius 3 is 1.94 bits per heavy atom. The van der Waals surface area contributed by atoms with E-state index in [1.54, 1.807) is 31.2 Å². The van der Waals surface area contributed by atoms with Crippen molar-refractivity contribution in [3.63, 3.8) is 0 Å². The average Bonchev–Trinajstić information content (AvgIpc) is 3.69. The molecule has 0 spiro atoms. The topological polar surface area (TPSA) is 201 Å². The van der Waals surface area contributed by atoms with Crippen molar-refractivity contribution >= 4 is 68.1 Å². The summed E-state index contributed by atoms with van der Waals surface area (Å²) in [6.07, 6.45) is 5.20. The SMILES string of the molecule is CCCCc1nc(Cl)c(C(C)C(=O)O)n1Cc1ccc(N)cc1.CCCCc1nc(Cl)c(CC(=O)OC)n1Cc1ccc(NC(=O)c2ccccc2NS(=O)(=O)C(F)(F)F)cc1. The fourth-order valence-electron chi connectivity index (χ4n) is 6.16. The number of nitrogens with two attached hydrogens (primary N) is 1. The van der Waals surface area contributed by atoms with Gasteiger partial charge in [0, 0.05) is 37.3 Å². The van der Waals surface area contributed by atoms with Crippen LogP contribution in [0.3, 0.4) is 0 Å². The maximum atomic E-state index is 12.8. The fourth-order valence-corrected chi connectivity index (χ4v) is 7.37. The van der Waals surface area contributed by atoms with Gasteiger partial charge in [-0.2, -0.15) is 21.6 Å². The number of carboxylic acids is 1. The molecule has 0 saturated heterocycles. The number of anilines is 3. The van der Waals surface area contributed by atoms with Crippen LogP contribution in [-0.2, 0) is 56.7 Å². The number of hydrogen-bond acceptors (Lipinski definition) is 9. The van der Waals surface area contributed by atoms with Crippen LogP contribution in [0, 0.1) is 0 Å². The normalized spacial score (nSPS) is 12.0. The molecule has 5 aromatic rings. The van der Waals surface area contributed by atoms with Crippen molar-refractivity contribution in [3.05, 3.63) is 123 Å². The molecule has 3 aromatic carbocycles. The number of para-hydroxylation sites is 1. The minimum atomic E-state index is -5.71. The second-order valence-electron chi connectivity index (χ2n) is 14.2. The van der Waals surface area contributed by atoms with Gasteiger partial charge in [-0.1, -0.05) is 86.3 Å². The molecule has 5 N–H and O–H groups in total. The summed E-state index contributed by atoms with van der Waals surface area (Å²) < 4.78 is 71.4. The van der Waals surface area contributed by atoms with Gasteiger partial charge >= 0.3 is 27.5 Å². The van der Waals surface area contributed by atoms with Gasteiger partial charge in [0.1, 0.15) is 11.6 Å². The van der Waals surface area contributed by atoms with E-state index < -0.39 is 45.0 Å². The summed E-state index contributed by atoms with van der Waals surface area (Å²) in [6, 6.07) is 19.1. The molecular weight excluding hydrogens is 874 g/mol. The average molecular weight is 923 g/mol. The predicted octanol–water partition coefficient (Wildman–Crippen LogP) is 8.85. The van der Waals surface area contributed by atoms with Gasteiger partial charge in [-0.05, 0) is 67.3 Å². The van der Waals surface area contributed by atoms with Crippen molar-refractivity contribution in [2.24, 2.45) is 0 Å². The molecule has 2 heterocycles. The fraction of sp³-hybridized carbons (Fsp3) is 0.357. The molecule has 20 heteroatoms. The maximum absolute atomic E-state index is 12.8. The molecule has 0 aliphatic carbocycles. The molecule has 14 nitrogen and oxygen atoms in total. The van der Waals surface area contributed by atoms with Crippen LogP contribution >= 0.6 is 23.2 Å². The quantitative estimate of drug-likeness (QED) is 0.0486. The number of imidazole rings is 2. The Hall–Kier alpha value is -5.59. The number of amides is 1. The van der Waals surface area contributed by atoms with E-state index in [4.69, 9.17) is 33.7 Å². The molecule has 0 bridgehead atoms. The Kier molecular flexibility index (Phi) is 17.4. The highest BCUT2D eigenvalue weighted by atomic mass is 35.5. The van der Waals surface area contributed by atoms with Crippen molar-refractivity contribution < 1.29 is 45.8 Å². The summed E-state index contributed by atoms with van der Waals surface area (Å²) >= 11 is 12.6. The number of benzene rings is 3. The van der Waals surface area contributed by atoms with Gasteiger partial charge in [0.15, 0.2) is 10.3 Å². The number of sulfonamides is 1. The second kappa shape index (κ2) is 22.0. The zero-order chi connectivity index (χ0) is 45.8. The molecule has 1 unspecified atom stereocenters. The third-order valence-corrected chi connectivity index (χ3v) is 11.2. The molecule has 62 heavy (non-hydrogen) atoms. The van der Waals surface area contributed by atoms with Gasteiger partial charge in [0.2, 0.25) is 0 Å². The number of halogens is 5. The zero-order valence-electron chi connectivity index (χ0n) is 34.4. The number of nitrogen functional groups attached to an aromatic ring is 1. The van der Waals surface area contributed by atoms with E-state index in [0.717, 1.165) is 60.9 Å². The number of carbonyl (C=O) groups is 3. The number of aliphatic carboxylic acids is 1. The number of methoxy groups -OCH3 is 1. The summed E-state index contributed by atoms with van der Waals surface area (Å²) in [5.41, 5.74) is 3.29. The highest BCUT2D eigenvalue weighted by Gasteiger charge is 2.46. The van der Waals surface area contributed by atoms with Gasteiger partial charge in [-0.3, -0.25) is 19.1 Å². The number of nitrogens with one attached hydrogen (secondary N) is 2. The Labute approximate surface area is 367 Å². The minimum absolute atomic E-state index is 0.0555. The summed E-state index contributed by atoms with van der Waals surface area (Å²) in [5.74, 6) is -1.35. The Bertz CT molecular complexity index is 2440. The van der Waals surface area contributed by atoms with Gasteiger partial charge in [-0.25, -0.2) is 9.97 Å². The largest absolute Gasteiger partial charge is 0.516 e. The van der Waals surface area contributed by atoms with Gasteiger partial charge in [-0.15, -0.1) is 0 Å². The molecular formula is C42H48Cl2F3N7O7S. The number of unbranched alkanes of at least 4 members (excludes halogenated alkanes) is 2. The van der Waals surface area contributed by atoms with Gasteiger partial charge < -0.3 is 30.0 Å². The van der Waals surface area contributed by atoms with Crippen molar-refractivity contribution in [2.45, 2.75) is 90.2 Å². The van der Waals surface area contributed by atoms with E-state index in [1.165, 1.54) is 30.0 Å². The van der Waals surface area contributed by atoms with Crippen LogP contribution in [-0.4, -0.2) is 63.1 Å². The van der Waals surface area contributed by atoms with Gasteiger partial charge in [0.05, 0.1) is 42.1 Å². The summed E-state index contributed by atoms with van der Waals surface area (Å²) in [5, 5.41) is 12.4. The lowest BCUT2D eigenvalue weighted by Gasteiger charge is -2.15. The van der Waals surface area contributed by atoms with Crippen molar-refractivity contribution in [1.29, 1.82) is 0 Å². The standard InChI is InChI=1S/C25H26ClF3N4O5S.C17H22ClN3O2/c1-3-4-9-21-31-23(26)20(14-22(34)38-2)33(21)15-16-10-12-17(13-11-16)30-24(35)18-7-5-6-8-19(18)32-39(36,37)25(27,28)29;1-3-4-5-14-20-16(18)15(11(2)17(22)23)21(14)10-12-6-8-13(19)9-7-12/h5-8,10-13,32H,3-4,9,14-15H2,1-2H3,(H,30,35);6-9,11H,3-5,10,19H2,1-2H3,(H,22,23). The Morgan fingerprint density at radius 2 is 1.39 bits per heavy atom. The molecule has 0 fully saturated rings. The monoisotopic (exact) mass is 921 g/mol. The summed E-state index contributed by atoms with van der Waals surface area (Å²) in [7, 11) is -4.43. The molecule has 1 amide bonds. The van der Waals surface area contributed by atoms with E-state index in [1.807, 2.05) is 40.3 Å². The first kappa shape index (κ1) is 49.1. The second-order valence-corrected chi connectivity index (χ2v) is 16.5. The molecule has 0 radical (unpaired) electrons. The number of alkyl halides is 3. The number of aromatic nitrogens is 4. The predicted molar refractivity (Wildman–Crippen MR) is 232 cm³/mol. The lowest BCUT2D eigenvalue weighted by Crippen LogP contribution is -2.30. The first-order valence-electron chi connectivity index (χ1n) is 19.5. The Morgan fingerprint density at radius 1 is 0.855 bits per heavy atom. The number of carboxylic acid groups (broad SMARTS) is 1. The number of esters is 1. The van der Waals surface area contributed by atoms with Crippen LogP contribution in [0.15, 0.2) is 72.8 Å². The number of ether oxygens (including phenoxy) is 1. The van der Waals surface area contributed by atoms with Crippen molar-refractivity contribution in [3.8, 4) is 0 Å². The molecule has 334 valence electrons. The highest BCUT2D eigenvalue weighted by Crippen LogP contribution is 2.30. The number of rotatable bonds is 18. The molecule has 0 aliphatic heterocycles. The van der Waals surface area contributed by atoms with Crippen molar-refractivity contribution in [1.82, 2.24) is 19.1 Å². The van der Waals surface area contributed by atoms with E-state index in [9.17, 15) is 41.1 Å². The van der Waals surface area contributed by atoms with E-state index in [-0.39, 0.29) is 22.3 Å². The van der Waals surface area contributed by atoms with Crippen LogP contribution in [0.2, 0.25) is 10.3 Å². The summed E-state index contributed by atoms with van der Waals surface area (Å²) in [4.78, 5) is 44.9. The van der Waals surface area contributed by atoms with Crippen LogP contribution in [0.5, 0.6) is 0 Å². The first-order chi connectivity index (χ1) is 29.3. The highest BCUT2D eigenvalue weighted by molar-refractivity contribution is 7.93. The third kappa shape index (κ3) is 13.0. The molecule has 5 rings (SSSR count). The first-order valence-corrected chi connectivity index (χ1v) is 21.7. The minimum Gasteiger partial charge on any atom is -0.481 e. The number of nitrogens with zero attached hydrogens (tertiary/aromatic N) is 4. The molecule has 0 saturated carbocycles. The van der Waals surface area contributed by atoms with Crippen molar-refractivity contribution in [2.75, 3.05) is 22.9 Å². The lowest BCUT2D eigenvalue weighted by atomic mass is 10.1. The van der Waals surface area contributed by atoms with Crippen LogP contribution in [0.1, 0.15) is 96.9 Å². The van der Waals surface area contributed by atoms with E-state index in [2.05, 4.69) is 22.2 Å². The molecule has 1 atom stereocenters. The van der Waals surface area contributed by atoms with Gasteiger partial charge in [0.25, 0.3) is 5.91 Å². The third-order valence-electron chi connectivity index (χ3n) is 9.57. The van der Waals surface area contributed by atoms with E-state index in [0.29, 0.717) is 42.3 Å². The number of aryl methyl sites for hydroxylation is 2. The zero-order valence-corrected chi connectivity index (χ0v) is 36.8. The van der Waals surface area contributed by atoms with Crippen LogP contribution < -0.4 is 15.8 Å². The lowest BCUT2D eigenvalue weighted by molar-refractivity contribution is -0.140. The molecule has 2 aromatic heterocycles. The number of hydrogen-bond donors (Lipinski definition) is 4. The van der Waals surface area contributed by atoms with Crippen LogP contribution in [0.4, 0.5) is 30.2 Å². The van der Waals surface area contributed by atoms with Crippen LogP contribution in [0.25, 0.3) is 0 Å². The Balaban J connectivity index is 0.000000312. The molecule has 0 aliphatic rings. The maximum Gasteiger partial charge on any atom is 0.516 e. The number of carbonyl (C=O) groups excluding carboxylic acids is 2.